The summed E-state index contributed by atoms with van der Waals surface area (Å²) in [7, 11) is 0. The van der Waals surface area contributed by atoms with Crippen molar-refractivity contribution in [1.82, 2.24) is 10.1 Å². The number of anilines is 2. The van der Waals surface area contributed by atoms with E-state index in [1.165, 1.54) is 23.1 Å². The number of ether oxygens (including phenoxy) is 1. The van der Waals surface area contributed by atoms with E-state index >= 15 is 0 Å². The Morgan fingerprint density at radius 2 is 1.94 bits per heavy atom. The van der Waals surface area contributed by atoms with E-state index in [-0.39, 0.29) is 29.9 Å². The Balaban J connectivity index is 1.46. The molecule has 0 unspecified atom stereocenters. The maximum absolute atomic E-state index is 12.6. The lowest BCUT2D eigenvalue weighted by Gasteiger charge is -2.28. The summed E-state index contributed by atoms with van der Waals surface area (Å²) in [6.07, 6.45) is 0. The van der Waals surface area contributed by atoms with Crippen LogP contribution < -0.4 is 15.0 Å². The number of carbonyl (C=O) groups excluding carboxylic acids is 2. The fourth-order valence-electron chi connectivity index (χ4n) is 3.17. The summed E-state index contributed by atoms with van der Waals surface area (Å²) in [6.45, 7) is 5.34. The molecule has 11 heteroatoms. The van der Waals surface area contributed by atoms with Crippen molar-refractivity contribution in [1.29, 1.82) is 0 Å². The first-order valence-corrected chi connectivity index (χ1v) is 10.1. The number of aromatic nitrogens is 2. The lowest BCUT2D eigenvalue weighted by Crippen LogP contribution is -2.43. The normalized spacial score (nSPS) is 13.3. The first kappa shape index (κ1) is 21.9. The Labute approximate surface area is 188 Å². The number of nitrogens with one attached hydrogen (secondary N) is 1. The van der Waals surface area contributed by atoms with Crippen LogP contribution in [-0.2, 0) is 15.0 Å². The van der Waals surface area contributed by atoms with Gasteiger partial charge in [0.2, 0.25) is 17.6 Å². The zero-order valence-corrected chi connectivity index (χ0v) is 18.2. The number of nitrogens with zero attached hydrogens (tertiary/aromatic N) is 4. The summed E-state index contributed by atoms with van der Waals surface area (Å²) in [5.41, 5.74) is 0.928. The molecule has 1 N–H and O–H groups in total. The highest BCUT2D eigenvalue weighted by atomic mass is 16.6. The molecule has 0 aliphatic carbocycles. The summed E-state index contributed by atoms with van der Waals surface area (Å²) >= 11 is 0. The largest absolute Gasteiger partial charge is 0.482 e. The molecule has 1 aliphatic heterocycles. The number of hydrogen-bond donors (Lipinski definition) is 1. The predicted octanol–water partition coefficient (Wildman–Crippen LogP) is 3.31. The summed E-state index contributed by atoms with van der Waals surface area (Å²) in [4.78, 5) is 41.0. The topological polar surface area (TPSA) is 141 Å². The molecule has 0 saturated carbocycles. The van der Waals surface area contributed by atoms with Gasteiger partial charge >= 0.3 is 0 Å². The van der Waals surface area contributed by atoms with Crippen LogP contribution in [0, 0.1) is 10.1 Å². The second kappa shape index (κ2) is 8.34. The standard InChI is InChI=1S/C22H21N5O6/c1-22(2,3)21-24-20(25-33-21)13-4-6-14(7-5-13)23-18(28)11-26-16-10-15(27(30)31)8-9-17(16)32-12-19(26)29/h4-10H,11-12H2,1-3H3,(H,23,28). The first-order valence-electron chi connectivity index (χ1n) is 10.1. The Kier molecular flexibility index (Phi) is 5.54. The zero-order valence-electron chi connectivity index (χ0n) is 18.2. The zero-order chi connectivity index (χ0) is 23.8. The van der Waals surface area contributed by atoms with Gasteiger partial charge in [0.25, 0.3) is 11.6 Å². The average Bonchev–Trinajstić information content (AvgIpc) is 3.27. The van der Waals surface area contributed by atoms with Crippen LogP contribution in [0.5, 0.6) is 5.75 Å². The van der Waals surface area contributed by atoms with Gasteiger partial charge in [0.1, 0.15) is 12.3 Å². The van der Waals surface area contributed by atoms with Crippen LogP contribution in [0.25, 0.3) is 11.4 Å². The van der Waals surface area contributed by atoms with Gasteiger partial charge in [0.05, 0.1) is 10.6 Å². The molecule has 4 rings (SSSR count). The molecule has 2 heterocycles. The third kappa shape index (κ3) is 4.66. The highest BCUT2D eigenvalue weighted by Crippen LogP contribution is 2.35. The maximum atomic E-state index is 12.6. The Bertz CT molecular complexity index is 1230. The molecule has 33 heavy (non-hydrogen) atoms. The quantitative estimate of drug-likeness (QED) is 0.460. The summed E-state index contributed by atoms with van der Waals surface area (Å²) in [5, 5.41) is 17.8. The van der Waals surface area contributed by atoms with Gasteiger partial charge in [-0.15, -0.1) is 0 Å². The number of amides is 2. The van der Waals surface area contributed by atoms with E-state index in [1.807, 2.05) is 20.8 Å². The van der Waals surface area contributed by atoms with Crippen LogP contribution in [0.4, 0.5) is 17.1 Å². The van der Waals surface area contributed by atoms with Crippen LogP contribution in [0.1, 0.15) is 26.7 Å². The second-order valence-electron chi connectivity index (χ2n) is 8.48. The van der Waals surface area contributed by atoms with E-state index in [4.69, 9.17) is 9.26 Å². The molecule has 0 atom stereocenters. The summed E-state index contributed by atoms with van der Waals surface area (Å²) < 4.78 is 10.6. The van der Waals surface area contributed by atoms with Crippen LogP contribution in [0.2, 0.25) is 0 Å². The smallest absolute Gasteiger partial charge is 0.271 e. The lowest BCUT2D eigenvalue weighted by molar-refractivity contribution is -0.384. The van der Waals surface area contributed by atoms with Gasteiger partial charge in [-0.3, -0.25) is 24.6 Å². The number of hydrogen-bond acceptors (Lipinski definition) is 8. The van der Waals surface area contributed by atoms with Crippen molar-refractivity contribution in [3.05, 3.63) is 58.5 Å². The third-order valence-corrected chi connectivity index (χ3v) is 4.89. The monoisotopic (exact) mass is 451 g/mol. The lowest BCUT2D eigenvalue weighted by atomic mass is 9.97. The Hall–Kier alpha value is -4.28. The molecule has 0 spiro atoms. The van der Waals surface area contributed by atoms with Gasteiger partial charge in [-0.05, 0) is 30.3 Å². The van der Waals surface area contributed by atoms with Crippen LogP contribution in [0.3, 0.4) is 0 Å². The predicted molar refractivity (Wildman–Crippen MR) is 118 cm³/mol. The molecule has 11 nitrogen and oxygen atoms in total. The number of benzene rings is 2. The molecule has 0 saturated heterocycles. The van der Waals surface area contributed by atoms with Crippen molar-refractivity contribution in [2.45, 2.75) is 26.2 Å². The molecular weight excluding hydrogens is 430 g/mol. The Morgan fingerprint density at radius 3 is 2.58 bits per heavy atom. The van der Waals surface area contributed by atoms with Crippen molar-refractivity contribution >= 4 is 28.9 Å². The van der Waals surface area contributed by atoms with E-state index in [0.29, 0.717) is 23.2 Å². The van der Waals surface area contributed by atoms with E-state index in [1.54, 1.807) is 24.3 Å². The minimum absolute atomic E-state index is 0.178. The van der Waals surface area contributed by atoms with Gasteiger partial charge in [-0.25, -0.2) is 0 Å². The van der Waals surface area contributed by atoms with E-state index < -0.39 is 16.7 Å². The number of non-ortho nitro benzene ring substituents is 1. The molecule has 1 aliphatic rings. The van der Waals surface area contributed by atoms with Gasteiger partial charge in [-0.1, -0.05) is 25.9 Å². The van der Waals surface area contributed by atoms with Crippen LogP contribution in [0.15, 0.2) is 47.0 Å². The number of carbonyl (C=O) groups is 2. The molecular formula is C22H21N5O6. The number of rotatable bonds is 5. The van der Waals surface area contributed by atoms with Crippen molar-refractivity contribution < 1.29 is 23.8 Å². The van der Waals surface area contributed by atoms with Crippen molar-refractivity contribution in [3.63, 3.8) is 0 Å². The van der Waals surface area contributed by atoms with E-state index in [9.17, 15) is 19.7 Å². The van der Waals surface area contributed by atoms with Gasteiger partial charge < -0.3 is 14.6 Å². The molecule has 170 valence electrons. The van der Waals surface area contributed by atoms with Crippen LogP contribution in [-0.4, -0.2) is 40.0 Å². The second-order valence-corrected chi connectivity index (χ2v) is 8.48. The number of nitro groups is 1. The molecule has 2 amide bonds. The van der Waals surface area contributed by atoms with Gasteiger partial charge in [-0.2, -0.15) is 4.98 Å². The fourth-order valence-corrected chi connectivity index (χ4v) is 3.17. The SMILES string of the molecule is CC(C)(C)c1nc(-c2ccc(NC(=O)CN3C(=O)COc4ccc([N+](=O)[O-])cc43)cc2)no1. The molecule has 3 aromatic rings. The fraction of sp³-hybridized carbons (Fsp3) is 0.273. The van der Waals surface area contributed by atoms with Crippen molar-refractivity contribution in [2.24, 2.45) is 0 Å². The van der Waals surface area contributed by atoms with Gasteiger partial charge in [0.15, 0.2) is 6.61 Å². The highest BCUT2D eigenvalue weighted by Gasteiger charge is 2.29. The number of nitro benzene ring substituents is 1. The number of fused-ring (bicyclic) bond motifs is 1. The van der Waals surface area contributed by atoms with Crippen molar-refractivity contribution in [2.75, 3.05) is 23.4 Å². The highest BCUT2D eigenvalue weighted by molar-refractivity contribution is 6.05. The minimum Gasteiger partial charge on any atom is -0.482 e. The average molecular weight is 451 g/mol. The molecule has 0 bridgehead atoms. The summed E-state index contributed by atoms with van der Waals surface area (Å²) in [5.74, 6) is 0.317. The van der Waals surface area contributed by atoms with Crippen molar-refractivity contribution in [3.8, 4) is 17.1 Å². The minimum atomic E-state index is -0.576. The first-order chi connectivity index (χ1) is 15.6. The Morgan fingerprint density at radius 1 is 1.21 bits per heavy atom. The molecule has 2 aromatic carbocycles. The van der Waals surface area contributed by atoms with E-state index in [0.717, 1.165) is 5.56 Å². The van der Waals surface area contributed by atoms with E-state index in [2.05, 4.69) is 15.5 Å². The third-order valence-electron chi connectivity index (χ3n) is 4.89. The van der Waals surface area contributed by atoms with Gasteiger partial charge in [0, 0.05) is 28.8 Å². The molecule has 0 fully saturated rings. The molecule has 0 radical (unpaired) electrons. The maximum Gasteiger partial charge on any atom is 0.271 e. The summed E-state index contributed by atoms with van der Waals surface area (Å²) in [6, 6.07) is 10.7. The molecule has 1 aromatic heterocycles. The van der Waals surface area contributed by atoms with Crippen LogP contribution >= 0.6 is 0 Å².